The van der Waals surface area contributed by atoms with Crippen LogP contribution in [0.2, 0.25) is 0 Å². The highest BCUT2D eigenvalue weighted by molar-refractivity contribution is 5.70. The number of carboxylic acid groups (broad SMARTS) is 1. The van der Waals surface area contributed by atoms with E-state index in [0.29, 0.717) is 31.2 Å². The second-order valence-electron chi connectivity index (χ2n) is 5.88. The van der Waals surface area contributed by atoms with Crippen LogP contribution in [-0.2, 0) is 16.1 Å². The topological polar surface area (TPSA) is 85.5 Å². The van der Waals surface area contributed by atoms with E-state index in [1.165, 1.54) is 12.8 Å². The molecule has 0 atom stereocenters. The van der Waals surface area contributed by atoms with Crippen LogP contribution in [0.15, 0.2) is 4.42 Å². The number of hydrogen-bond donors (Lipinski definition) is 1. The molecular formula is C14H20N2O4. The summed E-state index contributed by atoms with van der Waals surface area (Å²) in [5, 5.41) is 17.1. The summed E-state index contributed by atoms with van der Waals surface area (Å²) in [7, 11) is 0. The van der Waals surface area contributed by atoms with E-state index < -0.39 is 5.97 Å². The van der Waals surface area contributed by atoms with Crippen LogP contribution in [0, 0.1) is 11.8 Å². The average molecular weight is 280 g/mol. The van der Waals surface area contributed by atoms with Gasteiger partial charge in [-0.2, -0.15) is 0 Å². The number of aliphatic carboxylic acids is 1. The minimum Gasteiger partial charge on any atom is -0.481 e. The zero-order valence-corrected chi connectivity index (χ0v) is 11.5. The summed E-state index contributed by atoms with van der Waals surface area (Å²) in [5.41, 5.74) is 0. The molecule has 2 aliphatic carbocycles. The van der Waals surface area contributed by atoms with E-state index in [9.17, 15) is 4.79 Å². The molecule has 2 saturated carbocycles. The number of carbonyl (C=O) groups is 1. The van der Waals surface area contributed by atoms with Gasteiger partial charge in [-0.25, -0.2) is 0 Å². The molecule has 0 aromatic carbocycles. The lowest BCUT2D eigenvalue weighted by Gasteiger charge is -2.23. The Morgan fingerprint density at radius 2 is 1.95 bits per heavy atom. The van der Waals surface area contributed by atoms with Gasteiger partial charge in [0.25, 0.3) is 0 Å². The number of ether oxygens (including phenoxy) is 1. The Bertz CT molecular complexity index is 461. The molecule has 6 nitrogen and oxygen atoms in total. The van der Waals surface area contributed by atoms with Gasteiger partial charge in [-0.15, -0.1) is 10.2 Å². The third-order valence-corrected chi connectivity index (χ3v) is 4.18. The predicted molar refractivity (Wildman–Crippen MR) is 69.0 cm³/mol. The molecule has 110 valence electrons. The third-order valence-electron chi connectivity index (χ3n) is 4.18. The quantitative estimate of drug-likeness (QED) is 0.861. The first-order chi connectivity index (χ1) is 9.72. The molecule has 0 radical (unpaired) electrons. The highest BCUT2D eigenvalue weighted by Gasteiger charge is 2.29. The summed E-state index contributed by atoms with van der Waals surface area (Å²) >= 11 is 0. The van der Waals surface area contributed by atoms with Gasteiger partial charge in [0.1, 0.15) is 6.61 Å². The zero-order chi connectivity index (χ0) is 13.9. The van der Waals surface area contributed by atoms with Crippen molar-refractivity contribution in [2.24, 2.45) is 11.8 Å². The lowest BCUT2D eigenvalue weighted by molar-refractivity contribution is -0.142. The van der Waals surface area contributed by atoms with E-state index in [1.807, 2.05) is 0 Å². The van der Waals surface area contributed by atoms with Crippen LogP contribution in [0.4, 0.5) is 0 Å². The molecule has 1 aromatic rings. The number of hydrogen-bond acceptors (Lipinski definition) is 5. The molecule has 2 fully saturated rings. The summed E-state index contributed by atoms with van der Waals surface area (Å²) in [6.07, 6.45) is 5.53. The Labute approximate surface area is 117 Å². The molecule has 1 N–H and O–H groups in total. The maximum Gasteiger partial charge on any atom is 0.306 e. The average Bonchev–Trinajstić information content (AvgIpc) is 3.15. The lowest BCUT2D eigenvalue weighted by Crippen LogP contribution is -2.20. The van der Waals surface area contributed by atoms with Gasteiger partial charge < -0.3 is 14.3 Å². The van der Waals surface area contributed by atoms with Crippen LogP contribution >= 0.6 is 0 Å². The monoisotopic (exact) mass is 280 g/mol. The number of carboxylic acids is 1. The molecule has 1 heterocycles. The van der Waals surface area contributed by atoms with E-state index in [-0.39, 0.29) is 11.8 Å². The van der Waals surface area contributed by atoms with Crippen molar-refractivity contribution in [2.75, 3.05) is 6.61 Å². The number of aromatic nitrogens is 2. The Morgan fingerprint density at radius 1 is 1.20 bits per heavy atom. The number of nitrogens with zero attached hydrogens (tertiary/aromatic N) is 2. The fraction of sp³-hybridized carbons (Fsp3) is 0.786. The second kappa shape index (κ2) is 5.91. The van der Waals surface area contributed by atoms with Gasteiger partial charge in [-0.3, -0.25) is 4.79 Å². The SMILES string of the molecule is O=C(O)C1CCC(c2nnc(COCC3CC3)o2)CC1. The first-order valence-corrected chi connectivity index (χ1v) is 7.35. The fourth-order valence-electron chi connectivity index (χ4n) is 2.67. The summed E-state index contributed by atoms with van der Waals surface area (Å²) in [6.45, 7) is 1.16. The van der Waals surface area contributed by atoms with Crippen molar-refractivity contribution in [1.82, 2.24) is 10.2 Å². The van der Waals surface area contributed by atoms with Gasteiger partial charge in [0.05, 0.1) is 12.5 Å². The summed E-state index contributed by atoms with van der Waals surface area (Å²) in [4.78, 5) is 10.9. The summed E-state index contributed by atoms with van der Waals surface area (Å²) in [5.74, 6) is 1.19. The molecular weight excluding hydrogens is 260 g/mol. The Kier molecular flexibility index (Phi) is 4.00. The fourth-order valence-corrected chi connectivity index (χ4v) is 2.67. The second-order valence-corrected chi connectivity index (χ2v) is 5.88. The Morgan fingerprint density at radius 3 is 2.60 bits per heavy atom. The standard InChI is InChI=1S/C14H20N2O4/c17-14(18)11-5-3-10(4-6-11)13-16-15-12(20-13)8-19-7-9-1-2-9/h9-11H,1-8H2,(H,17,18). The highest BCUT2D eigenvalue weighted by Crippen LogP contribution is 2.35. The highest BCUT2D eigenvalue weighted by atomic mass is 16.5. The summed E-state index contributed by atoms with van der Waals surface area (Å²) < 4.78 is 11.1. The Balaban J connectivity index is 1.47. The van der Waals surface area contributed by atoms with Crippen molar-refractivity contribution < 1.29 is 19.1 Å². The van der Waals surface area contributed by atoms with E-state index in [1.54, 1.807) is 0 Å². The van der Waals surface area contributed by atoms with Crippen molar-refractivity contribution in [3.8, 4) is 0 Å². The van der Waals surface area contributed by atoms with E-state index >= 15 is 0 Å². The molecule has 6 heteroatoms. The van der Waals surface area contributed by atoms with Crippen molar-refractivity contribution in [2.45, 2.75) is 51.0 Å². The van der Waals surface area contributed by atoms with E-state index in [2.05, 4.69) is 10.2 Å². The normalized spacial score (nSPS) is 26.6. The Hall–Kier alpha value is -1.43. The van der Waals surface area contributed by atoms with Crippen LogP contribution in [0.1, 0.15) is 56.2 Å². The molecule has 1 aromatic heterocycles. The van der Waals surface area contributed by atoms with Crippen LogP contribution in [0.25, 0.3) is 0 Å². The maximum atomic E-state index is 10.9. The van der Waals surface area contributed by atoms with Gasteiger partial charge in [0.2, 0.25) is 11.8 Å². The van der Waals surface area contributed by atoms with Crippen LogP contribution < -0.4 is 0 Å². The van der Waals surface area contributed by atoms with Gasteiger partial charge in [-0.05, 0) is 44.4 Å². The minimum atomic E-state index is -0.692. The molecule has 20 heavy (non-hydrogen) atoms. The molecule has 0 saturated heterocycles. The lowest BCUT2D eigenvalue weighted by atomic mass is 9.82. The van der Waals surface area contributed by atoms with Gasteiger partial charge >= 0.3 is 5.97 Å². The zero-order valence-electron chi connectivity index (χ0n) is 11.5. The maximum absolute atomic E-state index is 10.9. The van der Waals surface area contributed by atoms with Crippen molar-refractivity contribution in [3.05, 3.63) is 11.8 Å². The predicted octanol–water partition coefficient (Wildman–Crippen LogP) is 2.35. The first kappa shape index (κ1) is 13.5. The third kappa shape index (κ3) is 3.36. The van der Waals surface area contributed by atoms with Crippen LogP contribution in [0.3, 0.4) is 0 Å². The first-order valence-electron chi connectivity index (χ1n) is 7.35. The molecule has 0 spiro atoms. The molecule has 0 aliphatic heterocycles. The van der Waals surface area contributed by atoms with E-state index in [4.69, 9.17) is 14.3 Å². The molecule has 0 bridgehead atoms. The van der Waals surface area contributed by atoms with Crippen LogP contribution in [-0.4, -0.2) is 27.9 Å². The van der Waals surface area contributed by atoms with Crippen molar-refractivity contribution in [3.63, 3.8) is 0 Å². The van der Waals surface area contributed by atoms with Crippen LogP contribution in [0.5, 0.6) is 0 Å². The van der Waals surface area contributed by atoms with E-state index in [0.717, 1.165) is 25.4 Å². The van der Waals surface area contributed by atoms with Gasteiger partial charge in [-0.1, -0.05) is 0 Å². The van der Waals surface area contributed by atoms with Crippen molar-refractivity contribution >= 4 is 5.97 Å². The molecule has 2 aliphatic rings. The number of rotatable bonds is 6. The minimum absolute atomic E-state index is 0.204. The van der Waals surface area contributed by atoms with Crippen molar-refractivity contribution in [1.29, 1.82) is 0 Å². The largest absolute Gasteiger partial charge is 0.481 e. The molecule has 3 rings (SSSR count). The molecule has 0 unspecified atom stereocenters. The smallest absolute Gasteiger partial charge is 0.306 e. The van der Waals surface area contributed by atoms with Gasteiger partial charge in [0.15, 0.2) is 0 Å². The van der Waals surface area contributed by atoms with Gasteiger partial charge in [0, 0.05) is 5.92 Å². The molecule has 0 amide bonds. The summed E-state index contributed by atoms with van der Waals surface area (Å²) in [6, 6.07) is 0.